The van der Waals surface area contributed by atoms with Crippen LogP contribution in [0.4, 0.5) is 0 Å². The van der Waals surface area contributed by atoms with Gasteiger partial charge in [0.2, 0.25) is 6.33 Å². The summed E-state index contributed by atoms with van der Waals surface area (Å²) in [7, 11) is 1.75. The van der Waals surface area contributed by atoms with Crippen molar-refractivity contribution in [3.8, 4) is 0 Å². The highest BCUT2D eigenvalue weighted by atomic mass is 16.1. The third kappa shape index (κ3) is 1.61. The molecule has 1 aromatic rings. The molecule has 0 radical (unpaired) electrons. The van der Waals surface area contributed by atoms with Crippen molar-refractivity contribution < 1.29 is 9.48 Å². The summed E-state index contributed by atoms with van der Waals surface area (Å²) >= 11 is 0. The summed E-state index contributed by atoms with van der Waals surface area (Å²) in [6, 6.07) is 0. The molecule has 0 amide bonds. The first-order chi connectivity index (χ1) is 4.68. The van der Waals surface area contributed by atoms with Crippen molar-refractivity contribution in [1.82, 2.24) is 15.1 Å². The van der Waals surface area contributed by atoms with E-state index in [2.05, 4.69) is 10.4 Å². The van der Waals surface area contributed by atoms with E-state index in [1.807, 2.05) is 0 Å². The average molecular weight is 141 g/mol. The van der Waals surface area contributed by atoms with E-state index in [9.17, 15) is 4.79 Å². The molecule has 0 saturated carbocycles. The van der Waals surface area contributed by atoms with Crippen molar-refractivity contribution in [3.63, 3.8) is 0 Å². The van der Waals surface area contributed by atoms with Crippen molar-refractivity contribution in [2.45, 2.75) is 13.5 Å². The summed E-state index contributed by atoms with van der Waals surface area (Å²) in [5.74, 6) is 0.0745. The molecule has 0 unspecified atom stereocenters. The molecule has 0 fully saturated rings. The standard InChI is InChI=1S/C5H9N4O/c1-5(10)3-9-4-8(2)6-7-9/h4H,3H2,1-2H3/q+1. The van der Waals surface area contributed by atoms with Crippen LogP contribution in [0, 0.1) is 0 Å². The van der Waals surface area contributed by atoms with Gasteiger partial charge in [-0.05, 0) is 6.92 Å². The monoisotopic (exact) mass is 141 g/mol. The fourth-order valence-corrected chi connectivity index (χ4v) is 0.654. The second-order valence-electron chi connectivity index (χ2n) is 2.17. The number of Topliss-reactive ketones (excluding diaryl/α,β-unsaturated/α-hetero) is 1. The van der Waals surface area contributed by atoms with Crippen LogP contribution < -0.4 is 4.68 Å². The van der Waals surface area contributed by atoms with Gasteiger partial charge >= 0.3 is 0 Å². The van der Waals surface area contributed by atoms with E-state index in [0.717, 1.165) is 0 Å². The van der Waals surface area contributed by atoms with Crippen molar-refractivity contribution >= 4 is 5.78 Å². The fraction of sp³-hybridized carbons (Fsp3) is 0.600. The van der Waals surface area contributed by atoms with Crippen molar-refractivity contribution in [1.29, 1.82) is 0 Å². The number of tetrazole rings is 1. The lowest BCUT2D eigenvalue weighted by molar-refractivity contribution is -0.731. The molecule has 5 nitrogen and oxygen atoms in total. The van der Waals surface area contributed by atoms with Crippen LogP contribution >= 0.6 is 0 Å². The lowest BCUT2D eigenvalue weighted by Gasteiger charge is -1.81. The minimum Gasteiger partial charge on any atom is -0.296 e. The van der Waals surface area contributed by atoms with Crippen LogP contribution in [0.5, 0.6) is 0 Å². The van der Waals surface area contributed by atoms with Gasteiger partial charge in [-0.15, -0.1) is 4.68 Å². The molecule has 0 bridgehead atoms. The quantitative estimate of drug-likeness (QED) is 0.480. The molecule has 0 aliphatic carbocycles. The van der Waals surface area contributed by atoms with Gasteiger partial charge in [0, 0.05) is 0 Å². The van der Waals surface area contributed by atoms with Gasteiger partial charge in [0.1, 0.15) is 5.21 Å². The molecule has 10 heavy (non-hydrogen) atoms. The van der Waals surface area contributed by atoms with Gasteiger partial charge in [0.05, 0.1) is 7.05 Å². The molecular weight excluding hydrogens is 132 g/mol. The molecule has 0 saturated heterocycles. The van der Waals surface area contributed by atoms with Crippen molar-refractivity contribution in [2.24, 2.45) is 7.05 Å². The van der Waals surface area contributed by atoms with Crippen LogP contribution in [0.1, 0.15) is 6.92 Å². The minimum absolute atomic E-state index is 0.0745. The van der Waals surface area contributed by atoms with Gasteiger partial charge in [-0.25, -0.2) is 0 Å². The second kappa shape index (κ2) is 2.55. The Morgan fingerprint density at radius 2 is 2.50 bits per heavy atom. The molecule has 54 valence electrons. The number of nitrogens with zero attached hydrogens (tertiary/aromatic N) is 4. The molecule has 0 spiro atoms. The lowest BCUT2D eigenvalue weighted by Crippen LogP contribution is -2.29. The molecule has 0 N–H and O–H groups in total. The second-order valence-corrected chi connectivity index (χ2v) is 2.17. The minimum atomic E-state index is 0.0745. The van der Waals surface area contributed by atoms with E-state index in [1.165, 1.54) is 11.6 Å². The summed E-state index contributed by atoms with van der Waals surface area (Å²) in [6.45, 7) is 1.82. The van der Waals surface area contributed by atoms with E-state index in [-0.39, 0.29) is 5.78 Å². The zero-order chi connectivity index (χ0) is 7.56. The van der Waals surface area contributed by atoms with Crippen LogP contribution in [0.15, 0.2) is 6.33 Å². The normalized spacial score (nSPS) is 9.80. The Kier molecular flexibility index (Phi) is 1.75. The number of aryl methyl sites for hydroxylation is 1. The zero-order valence-electron chi connectivity index (χ0n) is 5.98. The van der Waals surface area contributed by atoms with Gasteiger partial charge < -0.3 is 0 Å². The van der Waals surface area contributed by atoms with E-state index in [0.29, 0.717) is 6.54 Å². The topological polar surface area (TPSA) is 51.7 Å². The molecule has 0 atom stereocenters. The van der Waals surface area contributed by atoms with Crippen LogP contribution in [-0.4, -0.2) is 20.9 Å². The molecule has 1 aromatic heterocycles. The maximum atomic E-state index is 10.5. The number of hydrogen-bond donors (Lipinski definition) is 0. The smallest absolute Gasteiger partial charge is 0.244 e. The van der Waals surface area contributed by atoms with E-state index < -0.39 is 0 Å². The summed E-state index contributed by atoms with van der Waals surface area (Å²) in [5, 5.41) is 7.31. The molecule has 1 heterocycles. The number of ketones is 1. The summed E-state index contributed by atoms with van der Waals surface area (Å²) in [6.07, 6.45) is 1.65. The highest BCUT2D eigenvalue weighted by Gasteiger charge is 2.05. The first kappa shape index (κ1) is 6.85. The van der Waals surface area contributed by atoms with Crippen molar-refractivity contribution in [2.75, 3.05) is 0 Å². The molecule has 0 aromatic carbocycles. The number of hydrogen-bond acceptors (Lipinski definition) is 3. The third-order valence-electron chi connectivity index (χ3n) is 0.981. The van der Waals surface area contributed by atoms with Crippen molar-refractivity contribution in [3.05, 3.63) is 6.33 Å². The number of carbonyl (C=O) groups excluding carboxylic acids is 1. The largest absolute Gasteiger partial charge is 0.296 e. The van der Waals surface area contributed by atoms with Gasteiger partial charge in [-0.1, -0.05) is 4.68 Å². The summed E-state index contributed by atoms with van der Waals surface area (Å²) in [5.41, 5.74) is 0. The van der Waals surface area contributed by atoms with E-state index in [4.69, 9.17) is 0 Å². The Bertz CT molecular complexity index is 242. The Morgan fingerprint density at radius 1 is 1.80 bits per heavy atom. The molecule has 1 rings (SSSR count). The molecule has 5 heteroatoms. The predicted molar refractivity (Wildman–Crippen MR) is 31.9 cm³/mol. The zero-order valence-corrected chi connectivity index (χ0v) is 5.98. The molecular formula is C5H9N4O+. The van der Waals surface area contributed by atoms with E-state index >= 15 is 0 Å². The first-order valence-electron chi connectivity index (χ1n) is 2.94. The van der Waals surface area contributed by atoms with Gasteiger partial charge in [0.15, 0.2) is 17.5 Å². The lowest BCUT2D eigenvalue weighted by atomic mass is 10.5. The molecule has 0 aliphatic rings. The SMILES string of the molecule is CC(=O)Cn1c[n+](C)nn1. The van der Waals surface area contributed by atoms with Crippen LogP contribution in [0.25, 0.3) is 0 Å². The molecule has 0 aliphatic heterocycles. The third-order valence-corrected chi connectivity index (χ3v) is 0.981. The highest BCUT2D eigenvalue weighted by molar-refractivity contribution is 5.74. The predicted octanol–water partition coefficient (Wildman–Crippen LogP) is -1.31. The summed E-state index contributed by atoms with van der Waals surface area (Å²) < 4.78 is 3.03. The average Bonchev–Trinajstić information content (AvgIpc) is 2.13. The van der Waals surface area contributed by atoms with E-state index in [1.54, 1.807) is 18.1 Å². The van der Waals surface area contributed by atoms with Crippen LogP contribution in [-0.2, 0) is 18.4 Å². The fourth-order valence-electron chi connectivity index (χ4n) is 0.654. The summed E-state index contributed by atoms with van der Waals surface area (Å²) in [4.78, 5) is 10.5. The van der Waals surface area contributed by atoms with Crippen LogP contribution in [0.2, 0.25) is 0 Å². The van der Waals surface area contributed by atoms with Gasteiger partial charge in [-0.2, -0.15) is 0 Å². The maximum Gasteiger partial charge on any atom is 0.244 e. The first-order valence-corrected chi connectivity index (χ1v) is 2.94. The maximum absolute atomic E-state index is 10.5. The Morgan fingerprint density at radius 3 is 2.90 bits per heavy atom. The Hall–Kier alpha value is -1.26. The number of aromatic nitrogens is 4. The van der Waals surface area contributed by atoms with Crippen LogP contribution in [0.3, 0.4) is 0 Å². The van der Waals surface area contributed by atoms with Gasteiger partial charge in [0.25, 0.3) is 0 Å². The number of carbonyl (C=O) groups is 1. The number of rotatable bonds is 2. The Balaban J connectivity index is 2.67. The van der Waals surface area contributed by atoms with Gasteiger partial charge in [-0.3, -0.25) is 4.79 Å². The highest BCUT2D eigenvalue weighted by Crippen LogP contribution is 1.76. The Labute approximate surface area is 58.2 Å².